The minimum Gasteiger partial charge on any atom is -0.352 e. The van der Waals surface area contributed by atoms with Gasteiger partial charge in [0.25, 0.3) is 0 Å². The molecule has 0 unspecified atom stereocenters. The molecule has 1 aliphatic carbocycles. The van der Waals surface area contributed by atoms with Crippen LogP contribution in [0.5, 0.6) is 0 Å². The lowest BCUT2D eigenvalue weighted by Gasteiger charge is -2.11. The molecule has 0 aliphatic heterocycles. The van der Waals surface area contributed by atoms with Gasteiger partial charge < -0.3 is 10.6 Å². The molecule has 1 saturated carbocycles. The first-order valence-electron chi connectivity index (χ1n) is 8.61. The van der Waals surface area contributed by atoms with Crippen LogP contribution in [0.25, 0.3) is 0 Å². The summed E-state index contributed by atoms with van der Waals surface area (Å²) in [5.74, 6) is -0.485. The average Bonchev–Trinajstić information content (AvgIpc) is 3.26. The van der Waals surface area contributed by atoms with E-state index in [4.69, 9.17) is 0 Å². The summed E-state index contributed by atoms with van der Waals surface area (Å²) in [5.41, 5.74) is 1.42. The van der Waals surface area contributed by atoms with E-state index in [-0.39, 0.29) is 30.2 Å². The first kappa shape index (κ1) is 18.3. The van der Waals surface area contributed by atoms with E-state index in [1.54, 1.807) is 17.5 Å². The summed E-state index contributed by atoms with van der Waals surface area (Å²) in [5, 5.41) is 10.6. The Morgan fingerprint density at radius 1 is 1.19 bits per heavy atom. The van der Waals surface area contributed by atoms with Crippen molar-refractivity contribution in [2.24, 2.45) is 0 Å². The van der Waals surface area contributed by atoms with E-state index < -0.39 is 0 Å². The van der Waals surface area contributed by atoms with Crippen molar-refractivity contribution in [3.63, 3.8) is 0 Å². The predicted molar refractivity (Wildman–Crippen MR) is 98.5 cm³/mol. The summed E-state index contributed by atoms with van der Waals surface area (Å²) < 4.78 is 12.9. The fourth-order valence-electron chi connectivity index (χ4n) is 2.86. The van der Waals surface area contributed by atoms with Crippen LogP contribution in [0, 0.1) is 5.82 Å². The maximum absolute atomic E-state index is 12.9. The molecule has 8 heteroatoms. The van der Waals surface area contributed by atoms with Crippen LogP contribution in [0.3, 0.4) is 0 Å². The lowest BCUT2D eigenvalue weighted by atomic mass is 10.2. The number of halogens is 1. The maximum atomic E-state index is 12.9. The van der Waals surface area contributed by atoms with Gasteiger partial charge in [-0.05, 0) is 30.5 Å². The van der Waals surface area contributed by atoms with Crippen molar-refractivity contribution in [3.8, 4) is 0 Å². The highest BCUT2D eigenvalue weighted by atomic mass is 32.1. The van der Waals surface area contributed by atoms with Crippen LogP contribution in [0.15, 0.2) is 29.6 Å². The summed E-state index contributed by atoms with van der Waals surface area (Å²) in [6.07, 6.45) is 4.47. The van der Waals surface area contributed by atoms with E-state index in [0.717, 1.165) is 31.2 Å². The van der Waals surface area contributed by atoms with Crippen molar-refractivity contribution in [1.29, 1.82) is 0 Å². The van der Waals surface area contributed by atoms with Crippen molar-refractivity contribution < 1.29 is 14.0 Å². The molecule has 2 aromatic rings. The van der Waals surface area contributed by atoms with Crippen LogP contribution >= 0.6 is 11.3 Å². The Bertz CT molecular complexity index is 757. The van der Waals surface area contributed by atoms with E-state index in [9.17, 15) is 14.0 Å². The zero-order valence-corrected chi connectivity index (χ0v) is 15.1. The molecule has 0 spiro atoms. The van der Waals surface area contributed by atoms with Gasteiger partial charge in [-0.25, -0.2) is 14.2 Å². The number of amides is 3. The van der Waals surface area contributed by atoms with Gasteiger partial charge in [0, 0.05) is 18.0 Å². The molecule has 1 fully saturated rings. The van der Waals surface area contributed by atoms with Crippen LogP contribution in [-0.4, -0.2) is 23.0 Å². The number of nitrogens with zero attached hydrogens (tertiary/aromatic N) is 1. The van der Waals surface area contributed by atoms with Crippen molar-refractivity contribution >= 4 is 28.4 Å². The predicted octanol–water partition coefficient (Wildman–Crippen LogP) is 3.21. The van der Waals surface area contributed by atoms with Crippen molar-refractivity contribution in [2.45, 2.75) is 44.7 Å². The standard InChI is InChI=1S/C18H21FN4O2S/c19-13-7-5-12(6-8-13)10-20-16(24)9-15-11-26-18(22-15)23-17(25)21-14-3-1-2-4-14/h5-8,11,14H,1-4,9-10H2,(H,20,24)(H2,21,22,23,25). The summed E-state index contributed by atoms with van der Waals surface area (Å²) in [6.45, 7) is 0.331. The Morgan fingerprint density at radius 2 is 1.92 bits per heavy atom. The molecule has 0 radical (unpaired) electrons. The zero-order chi connectivity index (χ0) is 18.4. The Balaban J connectivity index is 1.42. The number of benzene rings is 1. The number of urea groups is 1. The van der Waals surface area contributed by atoms with Gasteiger partial charge in [-0.1, -0.05) is 25.0 Å². The second-order valence-electron chi connectivity index (χ2n) is 6.30. The molecular formula is C18H21FN4O2S. The van der Waals surface area contributed by atoms with Gasteiger partial charge in [-0.3, -0.25) is 10.1 Å². The van der Waals surface area contributed by atoms with E-state index >= 15 is 0 Å². The zero-order valence-electron chi connectivity index (χ0n) is 14.3. The Labute approximate surface area is 155 Å². The largest absolute Gasteiger partial charge is 0.352 e. The molecular weight excluding hydrogens is 355 g/mol. The first-order chi connectivity index (χ1) is 12.6. The van der Waals surface area contributed by atoms with Crippen molar-refractivity contribution in [2.75, 3.05) is 5.32 Å². The second-order valence-corrected chi connectivity index (χ2v) is 7.16. The molecule has 3 amide bonds. The summed E-state index contributed by atoms with van der Waals surface area (Å²) >= 11 is 1.29. The van der Waals surface area contributed by atoms with Crippen molar-refractivity contribution in [1.82, 2.24) is 15.6 Å². The maximum Gasteiger partial charge on any atom is 0.321 e. The van der Waals surface area contributed by atoms with Crippen LogP contribution in [-0.2, 0) is 17.8 Å². The quantitative estimate of drug-likeness (QED) is 0.724. The summed E-state index contributed by atoms with van der Waals surface area (Å²) in [6, 6.07) is 5.96. The van der Waals surface area contributed by atoms with Crippen molar-refractivity contribution in [3.05, 3.63) is 46.7 Å². The van der Waals surface area contributed by atoms with Crippen LogP contribution in [0.2, 0.25) is 0 Å². The number of aromatic nitrogens is 1. The highest BCUT2D eigenvalue weighted by molar-refractivity contribution is 7.13. The van der Waals surface area contributed by atoms with Gasteiger partial charge in [0.05, 0.1) is 12.1 Å². The second kappa shape index (κ2) is 8.75. The molecule has 26 heavy (non-hydrogen) atoms. The Morgan fingerprint density at radius 3 is 2.65 bits per heavy atom. The van der Waals surface area contributed by atoms with Gasteiger partial charge in [0.15, 0.2) is 5.13 Å². The van der Waals surface area contributed by atoms with Gasteiger partial charge >= 0.3 is 6.03 Å². The van der Waals surface area contributed by atoms with Gasteiger partial charge in [-0.2, -0.15) is 0 Å². The van der Waals surface area contributed by atoms with Crippen LogP contribution < -0.4 is 16.0 Å². The molecule has 1 aliphatic rings. The molecule has 1 aromatic heterocycles. The third kappa shape index (κ3) is 5.52. The third-order valence-electron chi connectivity index (χ3n) is 4.21. The van der Waals surface area contributed by atoms with Gasteiger partial charge in [0.2, 0.25) is 5.91 Å². The number of carbonyl (C=O) groups excluding carboxylic acids is 2. The molecule has 0 bridgehead atoms. The summed E-state index contributed by atoms with van der Waals surface area (Å²) in [7, 11) is 0. The first-order valence-corrected chi connectivity index (χ1v) is 9.49. The van der Waals surface area contributed by atoms with E-state index in [1.165, 1.54) is 23.5 Å². The molecule has 138 valence electrons. The normalized spacial score (nSPS) is 14.2. The number of carbonyl (C=O) groups is 2. The lowest BCUT2D eigenvalue weighted by Crippen LogP contribution is -2.36. The SMILES string of the molecule is O=C(Cc1csc(NC(=O)NC2CCCC2)n1)NCc1ccc(F)cc1. The lowest BCUT2D eigenvalue weighted by molar-refractivity contribution is -0.120. The highest BCUT2D eigenvalue weighted by Gasteiger charge is 2.17. The number of hydrogen-bond donors (Lipinski definition) is 3. The number of anilines is 1. The number of rotatable bonds is 6. The molecule has 0 saturated heterocycles. The topological polar surface area (TPSA) is 83.1 Å². The molecule has 1 aromatic carbocycles. The Hall–Kier alpha value is -2.48. The molecule has 3 N–H and O–H groups in total. The van der Waals surface area contributed by atoms with E-state index in [1.807, 2.05) is 0 Å². The van der Waals surface area contributed by atoms with Crippen LogP contribution in [0.1, 0.15) is 36.9 Å². The minimum atomic E-state index is -0.306. The number of thiazole rings is 1. The van der Waals surface area contributed by atoms with Gasteiger partial charge in [0.1, 0.15) is 5.82 Å². The smallest absolute Gasteiger partial charge is 0.321 e. The fourth-order valence-corrected chi connectivity index (χ4v) is 3.57. The monoisotopic (exact) mass is 376 g/mol. The molecule has 1 heterocycles. The number of nitrogens with one attached hydrogen (secondary N) is 3. The minimum absolute atomic E-state index is 0.129. The molecule has 6 nitrogen and oxygen atoms in total. The highest BCUT2D eigenvalue weighted by Crippen LogP contribution is 2.19. The molecule has 0 atom stereocenters. The number of hydrogen-bond acceptors (Lipinski definition) is 4. The van der Waals surface area contributed by atoms with Gasteiger partial charge in [-0.15, -0.1) is 11.3 Å². The van der Waals surface area contributed by atoms with Crippen LogP contribution in [0.4, 0.5) is 14.3 Å². The van der Waals surface area contributed by atoms with E-state index in [2.05, 4.69) is 20.9 Å². The average molecular weight is 376 g/mol. The summed E-state index contributed by atoms with van der Waals surface area (Å²) in [4.78, 5) is 28.2. The third-order valence-corrected chi connectivity index (χ3v) is 5.01. The Kier molecular flexibility index (Phi) is 6.17. The molecule has 3 rings (SSSR count). The fraction of sp³-hybridized carbons (Fsp3) is 0.389. The van der Waals surface area contributed by atoms with E-state index in [0.29, 0.717) is 17.4 Å².